The van der Waals surface area contributed by atoms with Gasteiger partial charge in [0.1, 0.15) is 0 Å². The standard InChI is InChI=1S/C18H22N4O3/c23-16-11-14(13-3-1-2-4-15(13)20-16)17(24)21-8-5-12(6-9-21)22-10-7-19-18(22)25/h1-4,12,14H,5-11H2,(H,19,25)(H,20,23)/t14-/m1/s1. The van der Waals surface area contributed by atoms with E-state index in [9.17, 15) is 14.4 Å². The number of hydrogen-bond donors (Lipinski definition) is 2. The zero-order valence-electron chi connectivity index (χ0n) is 14.0. The van der Waals surface area contributed by atoms with E-state index in [4.69, 9.17) is 0 Å². The van der Waals surface area contributed by atoms with E-state index in [1.165, 1.54) is 0 Å². The molecule has 4 amide bonds. The summed E-state index contributed by atoms with van der Waals surface area (Å²) in [6.45, 7) is 2.71. The van der Waals surface area contributed by atoms with Gasteiger partial charge in [0.2, 0.25) is 11.8 Å². The van der Waals surface area contributed by atoms with Crippen LogP contribution in [-0.4, -0.2) is 59.9 Å². The van der Waals surface area contributed by atoms with Crippen molar-refractivity contribution in [2.24, 2.45) is 0 Å². The van der Waals surface area contributed by atoms with Gasteiger partial charge in [0, 0.05) is 44.3 Å². The van der Waals surface area contributed by atoms with Crippen molar-refractivity contribution in [1.29, 1.82) is 0 Å². The Morgan fingerprint density at radius 2 is 1.84 bits per heavy atom. The van der Waals surface area contributed by atoms with Gasteiger partial charge in [-0.15, -0.1) is 0 Å². The van der Waals surface area contributed by atoms with E-state index >= 15 is 0 Å². The fourth-order valence-electron chi connectivity index (χ4n) is 4.08. The molecule has 2 N–H and O–H groups in total. The van der Waals surface area contributed by atoms with Crippen molar-refractivity contribution in [2.45, 2.75) is 31.2 Å². The van der Waals surface area contributed by atoms with Gasteiger partial charge in [-0.1, -0.05) is 18.2 Å². The number of carbonyl (C=O) groups excluding carboxylic acids is 3. The highest BCUT2D eigenvalue weighted by atomic mass is 16.2. The molecule has 0 spiro atoms. The molecular formula is C18H22N4O3. The van der Waals surface area contributed by atoms with Crippen LogP contribution in [0.4, 0.5) is 10.5 Å². The molecule has 7 heteroatoms. The summed E-state index contributed by atoms with van der Waals surface area (Å²) in [4.78, 5) is 40.5. The van der Waals surface area contributed by atoms with E-state index in [1.807, 2.05) is 34.1 Å². The molecule has 25 heavy (non-hydrogen) atoms. The van der Waals surface area contributed by atoms with Gasteiger partial charge >= 0.3 is 6.03 Å². The Hall–Kier alpha value is -2.57. The van der Waals surface area contributed by atoms with E-state index in [0.717, 1.165) is 30.6 Å². The summed E-state index contributed by atoms with van der Waals surface area (Å²) in [5, 5.41) is 5.67. The van der Waals surface area contributed by atoms with Crippen LogP contribution < -0.4 is 10.6 Å². The Bertz CT molecular complexity index is 712. The molecule has 132 valence electrons. The average molecular weight is 342 g/mol. The van der Waals surface area contributed by atoms with Crippen molar-refractivity contribution in [3.05, 3.63) is 29.8 Å². The van der Waals surface area contributed by atoms with Crippen LogP contribution in [0.5, 0.6) is 0 Å². The molecule has 2 saturated heterocycles. The Balaban J connectivity index is 1.44. The third kappa shape index (κ3) is 2.94. The fraction of sp³-hybridized carbons (Fsp3) is 0.500. The molecule has 7 nitrogen and oxygen atoms in total. The number of anilines is 1. The lowest BCUT2D eigenvalue weighted by atomic mass is 9.88. The smallest absolute Gasteiger partial charge is 0.317 e. The summed E-state index contributed by atoms with van der Waals surface area (Å²) in [5.41, 5.74) is 1.63. The van der Waals surface area contributed by atoms with Crippen LogP contribution in [0.15, 0.2) is 24.3 Å². The van der Waals surface area contributed by atoms with Gasteiger partial charge < -0.3 is 20.4 Å². The van der Waals surface area contributed by atoms with Crippen molar-refractivity contribution in [1.82, 2.24) is 15.1 Å². The number of amides is 4. The number of hydrogen-bond acceptors (Lipinski definition) is 3. The van der Waals surface area contributed by atoms with Crippen LogP contribution in [0, 0.1) is 0 Å². The molecule has 3 aliphatic heterocycles. The fourth-order valence-corrected chi connectivity index (χ4v) is 4.08. The quantitative estimate of drug-likeness (QED) is 0.845. The molecule has 4 rings (SSSR count). The predicted molar refractivity (Wildman–Crippen MR) is 92.1 cm³/mol. The lowest BCUT2D eigenvalue weighted by Gasteiger charge is -2.38. The molecule has 1 aromatic rings. The van der Waals surface area contributed by atoms with Crippen molar-refractivity contribution < 1.29 is 14.4 Å². The third-order valence-corrected chi connectivity index (χ3v) is 5.40. The molecule has 0 aromatic heterocycles. The molecule has 0 saturated carbocycles. The van der Waals surface area contributed by atoms with Gasteiger partial charge in [0.15, 0.2) is 0 Å². The first kappa shape index (κ1) is 15.9. The molecule has 1 atom stereocenters. The highest BCUT2D eigenvalue weighted by Crippen LogP contribution is 2.34. The van der Waals surface area contributed by atoms with Crippen LogP contribution in [0.1, 0.15) is 30.7 Å². The summed E-state index contributed by atoms with van der Waals surface area (Å²) in [6.07, 6.45) is 1.78. The first-order chi connectivity index (χ1) is 12.1. The lowest BCUT2D eigenvalue weighted by Crippen LogP contribution is -2.49. The number of benzene rings is 1. The number of likely N-dealkylation sites (tertiary alicyclic amines) is 1. The van der Waals surface area contributed by atoms with Crippen LogP contribution in [-0.2, 0) is 9.59 Å². The van der Waals surface area contributed by atoms with Gasteiger partial charge in [-0.2, -0.15) is 0 Å². The van der Waals surface area contributed by atoms with Gasteiger partial charge in [-0.3, -0.25) is 9.59 Å². The maximum Gasteiger partial charge on any atom is 0.317 e. The largest absolute Gasteiger partial charge is 0.342 e. The second-order valence-electron chi connectivity index (χ2n) is 6.87. The highest BCUT2D eigenvalue weighted by Gasteiger charge is 2.36. The number of nitrogens with one attached hydrogen (secondary N) is 2. The van der Waals surface area contributed by atoms with Crippen molar-refractivity contribution in [3.63, 3.8) is 0 Å². The highest BCUT2D eigenvalue weighted by molar-refractivity contribution is 6.01. The molecule has 1 aromatic carbocycles. The molecule has 0 bridgehead atoms. The normalized spacial score (nSPS) is 23.9. The zero-order chi connectivity index (χ0) is 17.4. The Morgan fingerprint density at radius 3 is 2.56 bits per heavy atom. The van der Waals surface area contributed by atoms with Crippen molar-refractivity contribution in [3.8, 4) is 0 Å². The van der Waals surface area contributed by atoms with Gasteiger partial charge in [0.25, 0.3) is 0 Å². The van der Waals surface area contributed by atoms with Crippen LogP contribution in [0.2, 0.25) is 0 Å². The first-order valence-electron chi connectivity index (χ1n) is 8.85. The molecule has 0 unspecified atom stereocenters. The second-order valence-corrected chi connectivity index (χ2v) is 6.87. The number of urea groups is 1. The van der Waals surface area contributed by atoms with Gasteiger partial charge in [-0.25, -0.2) is 4.79 Å². The summed E-state index contributed by atoms with van der Waals surface area (Å²) in [6, 6.07) is 7.72. The zero-order valence-corrected chi connectivity index (χ0v) is 14.0. The number of para-hydroxylation sites is 1. The Kier molecular flexibility index (Phi) is 4.07. The molecule has 3 heterocycles. The summed E-state index contributed by atoms with van der Waals surface area (Å²) < 4.78 is 0. The van der Waals surface area contributed by atoms with E-state index in [0.29, 0.717) is 19.6 Å². The predicted octanol–water partition coefficient (Wildman–Crippen LogP) is 1.13. The Labute approximate surface area is 146 Å². The maximum absolute atomic E-state index is 13.0. The summed E-state index contributed by atoms with van der Waals surface area (Å²) in [5.74, 6) is -0.496. The van der Waals surface area contributed by atoms with Crippen LogP contribution >= 0.6 is 0 Å². The second kappa shape index (κ2) is 6.38. The number of rotatable bonds is 2. The minimum Gasteiger partial charge on any atom is -0.342 e. The number of fused-ring (bicyclic) bond motifs is 1. The molecular weight excluding hydrogens is 320 g/mol. The van der Waals surface area contributed by atoms with Crippen molar-refractivity contribution >= 4 is 23.5 Å². The SMILES string of the molecule is O=C1C[C@@H](C(=O)N2CCC(N3CCNC3=O)CC2)c2ccccc2N1. The summed E-state index contributed by atoms with van der Waals surface area (Å²) in [7, 11) is 0. The number of nitrogens with zero attached hydrogens (tertiary/aromatic N) is 2. The number of carbonyl (C=O) groups is 3. The van der Waals surface area contributed by atoms with E-state index in [1.54, 1.807) is 0 Å². The van der Waals surface area contributed by atoms with E-state index in [-0.39, 0.29) is 30.3 Å². The molecule has 3 aliphatic rings. The molecule has 2 fully saturated rings. The van der Waals surface area contributed by atoms with Crippen molar-refractivity contribution in [2.75, 3.05) is 31.5 Å². The van der Waals surface area contributed by atoms with E-state index < -0.39 is 5.92 Å². The number of piperidine rings is 1. The summed E-state index contributed by atoms with van der Waals surface area (Å²) >= 11 is 0. The average Bonchev–Trinajstić information content (AvgIpc) is 3.06. The first-order valence-corrected chi connectivity index (χ1v) is 8.85. The molecule has 0 aliphatic carbocycles. The van der Waals surface area contributed by atoms with Crippen LogP contribution in [0.25, 0.3) is 0 Å². The van der Waals surface area contributed by atoms with E-state index in [2.05, 4.69) is 10.6 Å². The Morgan fingerprint density at radius 1 is 1.08 bits per heavy atom. The van der Waals surface area contributed by atoms with Gasteiger partial charge in [0.05, 0.1) is 5.92 Å². The monoisotopic (exact) mass is 342 g/mol. The lowest BCUT2D eigenvalue weighted by molar-refractivity contribution is -0.136. The molecule has 0 radical (unpaired) electrons. The third-order valence-electron chi connectivity index (χ3n) is 5.40. The minimum absolute atomic E-state index is 0.00246. The maximum atomic E-state index is 13.0. The topological polar surface area (TPSA) is 81.8 Å². The van der Waals surface area contributed by atoms with Crippen LogP contribution in [0.3, 0.4) is 0 Å². The minimum atomic E-state index is -0.406. The van der Waals surface area contributed by atoms with Gasteiger partial charge in [-0.05, 0) is 24.5 Å².